The lowest BCUT2D eigenvalue weighted by molar-refractivity contribution is 0.593. The second kappa shape index (κ2) is 3.36. The average molecular weight is 247 g/mol. The highest BCUT2D eigenvalue weighted by atomic mass is 35.5. The molecule has 2 heterocycles. The van der Waals surface area contributed by atoms with Gasteiger partial charge in [0.2, 0.25) is 0 Å². The molecule has 0 radical (unpaired) electrons. The molecule has 1 aromatic heterocycles. The van der Waals surface area contributed by atoms with Gasteiger partial charge in [-0.15, -0.1) is 0 Å². The average Bonchev–Trinajstić information content (AvgIpc) is 2.54. The third-order valence-corrected chi connectivity index (χ3v) is 3.75. The zero-order chi connectivity index (χ0) is 12.2. The van der Waals surface area contributed by atoms with Crippen molar-refractivity contribution in [3.8, 4) is 0 Å². The Labute approximate surface area is 106 Å². The highest BCUT2D eigenvalue weighted by Gasteiger charge is 2.28. The van der Waals surface area contributed by atoms with Gasteiger partial charge in [-0.05, 0) is 50.5 Å². The molecule has 0 spiro atoms. The first-order valence-electron chi connectivity index (χ1n) is 5.83. The Balaban J connectivity index is 2.27. The molecule has 1 aliphatic rings. The van der Waals surface area contributed by atoms with Crippen LogP contribution in [0.3, 0.4) is 0 Å². The van der Waals surface area contributed by atoms with E-state index < -0.39 is 0 Å². The molecule has 0 atom stereocenters. The topological polar surface area (TPSA) is 24.9 Å². The molecule has 1 aliphatic heterocycles. The van der Waals surface area contributed by atoms with E-state index in [0.717, 1.165) is 28.3 Å². The molecule has 17 heavy (non-hydrogen) atoms. The zero-order valence-corrected chi connectivity index (χ0v) is 11.0. The normalized spacial score (nSPS) is 16.9. The molecule has 0 saturated carbocycles. The van der Waals surface area contributed by atoms with Crippen molar-refractivity contribution in [1.29, 1.82) is 0 Å². The van der Waals surface area contributed by atoms with Crippen molar-refractivity contribution in [3.63, 3.8) is 0 Å². The molecular weight excluding hydrogens is 232 g/mol. The molecule has 0 bridgehead atoms. The number of rotatable bonds is 0. The van der Waals surface area contributed by atoms with Crippen LogP contribution in [0.25, 0.3) is 10.9 Å². The molecule has 0 saturated heterocycles. The molecule has 0 fully saturated rings. The standard InChI is InChI=1S/C14H15ClN2/c1-8-11(15)5-4-9-6-10-7-14(2,3)17-13(10)16-12(8)9/h4-6H,7H2,1-3H3,(H,16,17). The van der Waals surface area contributed by atoms with Crippen molar-refractivity contribution >= 4 is 28.3 Å². The van der Waals surface area contributed by atoms with Gasteiger partial charge in [0.15, 0.2) is 0 Å². The Bertz CT molecular complexity index is 617. The van der Waals surface area contributed by atoms with Crippen molar-refractivity contribution < 1.29 is 0 Å². The maximum absolute atomic E-state index is 6.13. The van der Waals surface area contributed by atoms with Gasteiger partial charge in [0.25, 0.3) is 0 Å². The first-order chi connectivity index (χ1) is 7.96. The third kappa shape index (κ3) is 1.67. The summed E-state index contributed by atoms with van der Waals surface area (Å²) in [6.45, 7) is 6.41. The van der Waals surface area contributed by atoms with Crippen LogP contribution < -0.4 is 5.32 Å². The summed E-state index contributed by atoms with van der Waals surface area (Å²) in [4.78, 5) is 4.72. The number of nitrogens with one attached hydrogen (secondary N) is 1. The SMILES string of the molecule is Cc1c(Cl)ccc2cc3c(nc12)NC(C)(C)C3. The molecule has 0 amide bonds. The largest absolute Gasteiger partial charge is 0.365 e. The fourth-order valence-corrected chi connectivity index (χ4v) is 2.64. The van der Waals surface area contributed by atoms with Gasteiger partial charge in [-0.25, -0.2) is 4.98 Å². The Morgan fingerprint density at radius 2 is 2.12 bits per heavy atom. The molecule has 3 heteroatoms. The van der Waals surface area contributed by atoms with E-state index >= 15 is 0 Å². The highest BCUT2D eigenvalue weighted by Crippen LogP contribution is 2.34. The molecule has 0 aliphatic carbocycles. The van der Waals surface area contributed by atoms with E-state index in [1.54, 1.807) is 0 Å². The lowest BCUT2D eigenvalue weighted by Gasteiger charge is -2.17. The van der Waals surface area contributed by atoms with Crippen molar-refractivity contribution in [2.45, 2.75) is 32.7 Å². The summed E-state index contributed by atoms with van der Waals surface area (Å²) in [5.74, 6) is 1.01. The van der Waals surface area contributed by atoms with Gasteiger partial charge in [0.05, 0.1) is 5.52 Å². The highest BCUT2D eigenvalue weighted by molar-refractivity contribution is 6.32. The molecule has 1 aromatic carbocycles. The fraction of sp³-hybridized carbons (Fsp3) is 0.357. The van der Waals surface area contributed by atoms with Crippen molar-refractivity contribution in [1.82, 2.24) is 4.98 Å². The van der Waals surface area contributed by atoms with Crippen LogP contribution in [0, 0.1) is 6.92 Å². The minimum atomic E-state index is 0.102. The van der Waals surface area contributed by atoms with Gasteiger partial charge < -0.3 is 5.32 Å². The number of hydrogen-bond donors (Lipinski definition) is 1. The molecule has 2 nitrogen and oxygen atoms in total. The number of aromatic nitrogens is 1. The van der Waals surface area contributed by atoms with E-state index in [4.69, 9.17) is 16.6 Å². The van der Waals surface area contributed by atoms with Gasteiger partial charge in [0.1, 0.15) is 5.82 Å². The number of pyridine rings is 1. The van der Waals surface area contributed by atoms with Crippen LogP contribution >= 0.6 is 11.6 Å². The van der Waals surface area contributed by atoms with E-state index in [1.165, 1.54) is 10.9 Å². The van der Waals surface area contributed by atoms with Gasteiger partial charge in [-0.3, -0.25) is 0 Å². The molecular formula is C14H15ClN2. The maximum atomic E-state index is 6.13. The van der Waals surface area contributed by atoms with Gasteiger partial charge >= 0.3 is 0 Å². The monoisotopic (exact) mass is 246 g/mol. The number of aryl methyl sites for hydroxylation is 1. The summed E-state index contributed by atoms with van der Waals surface area (Å²) >= 11 is 6.13. The zero-order valence-electron chi connectivity index (χ0n) is 10.3. The predicted octanol–water partition coefficient (Wildman–Crippen LogP) is 3.94. The second-order valence-electron chi connectivity index (χ2n) is 5.43. The predicted molar refractivity (Wildman–Crippen MR) is 72.9 cm³/mol. The van der Waals surface area contributed by atoms with Crippen molar-refractivity contribution in [2.24, 2.45) is 0 Å². The second-order valence-corrected chi connectivity index (χ2v) is 5.83. The van der Waals surface area contributed by atoms with Crippen LogP contribution in [-0.4, -0.2) is 10.5 Å². The smallest absolute Gasteiger partial charge is 0.130 e. The quantitative estimate of drug-likeness (QED) is 0.762. The summed E-state index contributed by atoms with van der Waals surface area (Å²) in [5, 5.41) is 5.41. The molecule has 88 valence electrons. The number of halogens is 1. The van der Waals surface area contributed by atoms with E-state index in [9.17, 15) is 0 Å². The summed E-state index contributed by atoms with van der Waals surface area (Å²) in [6.07, 6.45) is 1.02. The van der Waals surface area contributed by atoms with Crippen molar-refractivity contribution in [3.05, 3.63) is 34.3 Å². The first-order valence-corrected chi connectivity index (χ1v) is 6.21. The summed E-state index contributed by atoms with van der Waals surface area (Å²) in [6, 6.07) is 6.22. The Morgan fingerprint density at radius 3 is 2.88 bits per heavy atom. The van der Waals surface area contributed by atoms with Gasteiger partial charge in [0, 0.05) is 15.9 Å². The lowest BCUT2D eigenvalue weighted by Crippen LogP contribution is -2.27. The van der Waals surface area contributed by atoms with Crippen molar-refractivity contribution in [2.75, 3.05) is 5.32 Å². The molecule has 3 rings (SSSR count). The number of anilines is 1. The summed E-state index contributed by atoms with van der Waals surface area (Å²) < 4.78 is 0. The van der Waals surface area contributed by atoms with E-state index in [0.29, 0.717) is 0 Å². The van der Waals surface area contributed by atoms with Crippen LogP contribution in [0.2, 0.25) is 5.02 Å². The fourth-order valence-electron chi connectivity index (χ4n) is 2.48. The van der Waals surface area contributed by atoms with Gasteiger partial charge in [-0.1, -0.05) is 17.7 Å². The third-order valence-electron chi connectivity index (χ3n) is 3.34. The van der Waals surface area contributed by atoms with Crippen LogP contribution in [0.5, 0.6) is 0 Å². The number of hydrogen-bond acceptors (Lipinski definition) is 2. The lowest BCUT2D eigenvalue weighted by atomic mass is 10.00. The van der Waals surface area contributed by atoms with Crippen LogP contribution in [0.1, 0.15) is 25.0 Å². The number of nitrogens with zero attached hydrogens (tertiary/aromatic N) is 1. The van der Waals surface area contributed by atoms with E-state index in [2.05, 4.69) is 25.2 Å². The Kier molecular flexibility index (Phi) is 2.14. The summed E-state index contributed by atoms with van der Waals surface area (Å²) in [5.41, 5.74) is 3.45. The van der Waals surface area contributed by atoms with Crippen LogP contribution in [-0.2, 0) is 6.42 Å². The Morgan fingerprint density at radius 1 is 1.35 bits per heavy atom. The van der Waals surface area contributed by atoms with Crippen LogP contribution in [0.4, 0.5) is 5.82 Å². The molecule has 2 aromatic rings. The number of benzene rings is 1. The van der Waals surface area contributed by atoms with Gasteiger partial charge in [-0.2, -0.15) is 0 Å². The Hall–Kier alpha value is -1.28. The van der Waals surface area contributed by atoms with E-state index in [1.807, 2.05) is 19.1 Å². The van der Waals surface area contributed by atoms with Crippen LogP contribution in [0.15, 0.2) is 18.2 Å². The first kappa shape index (κ1) is 10.8. The molecule has 0 unspecified atom stereocenters. The molecule has 1 N–H and O–H groups in total. The minimum absolute atomic E-state index is 0.102. The maximum Gasteiger partial charge on any atom is 0.130 e. The number of fused-ring (bicyclic) bond motifs is 2. The summed E-state index contributed by atoms with van der Waals surface area (Å²) in [7, 11) is 0. The minimum Gasteiger partial charge on any atom is -0.365 e. The van der Waals surface area contributed by atoms with E-state index in [-0.39, 0.29) is 5.54 Å².